The van der Waals surface area contributed by atoms with Gasteiger partial charge in [0.25, 0.3) is 5.91 Å². The van der Waals surface area contributed by atoms with Gasteiger partial charge in [-0.15, -0.1) is 0 Å². The van der Waals surface area contributed by atoms with Gasteiger partial charge in [0.15, 0.2) is 0 Å². The molecule has 4 heteroatoms. The number of rotatable bonds is 4. The van der Waals surface area contributed by atoms with Gasteiger partial charge < -0.3 is 15.0 Å². The third-order valence-electron chi connectivity index (χ3n) is 2.96. The molecule has 0 bridgehead atoms. The average molecular weight is 246 g/mol. The third kappa shape index (κ3) is 2.06. The van der Waals surface area contributed by atoms with E-state index >= 15 is 0 Å². The monoisotopic (exact) mass is 246 g/mol. The van der Waals surface area contributed by atoms with E-state index in [0.717, 1.165) is 28.8 Å². The first-order valence-electron chi connectivity index (χ1n) is 6.12. The molecule has 0 radical (unpaired) electrons. The molecule has 0 aliphatic carbocycles. The molecule has 1 aromatic heterocycles. The molecule has 2 aromatic rings. The number of aryl methyl sites for hydroxylation is 1. The van der Waals surface area contributed by atoms with Crippen molar-refractivity contribution in [3.05, 3.63) is 29.5 Å². The van der Waals surface area contributed by atoms with E-state index in [1.165, 1.54) is 0 Å². The van der Waals surface area contributed by atoms with Crippen molar-refractivity contribution >= 4 is 16.8 Å². The maximum Gasteiger partial charge on any atom is 0.253 e. The van der Waals surface area contributed by atoms with Crippen molar-refractivity contribution in [2.24, 2.45) is 0 Å². The van der Waals surface area contributed by atoms with Gasteiger partial charge in [0.2, 0.25) is 0 Å². The molecule has 4 nitrogen and oxygen atoms in total. The molecule has 1 aromatic carbocycles. The number of carbonyl (C=O) groups excluding carboxylic acids is 1. The van der Waals surface area contributed by atoms with Crippen LogP contribution >= 0.6 is 0 Å². The van der Waals surface area contributed by atoms with Crippen LogP contribution in [-0.2, 0) is 0 Å². The number of fused-ring (bicyclic) bond motifs is 1. The molecular weight excluding hydrogens is 228 g/mol. The highest BCUT2D eigenvalue weighted by Crippen LogP contribution is 2.30. The number of nitrogens with one attached hydrogen (secondary N) is 2. The Morgan fingerprint density at radius 3 is 2.89 bits per heavy atom. The van der Waals surface area contributed by atoms with Gasteiger partial charge in [0.1, 0.15) is 5.75 Å². The first-order chi connectivity index (χ1) is 8.69. The normalized spacial score (nSPS) is 10.6. The summed E-state index contributed by atoms with van der Waals surface area (Å²) >= 11 is 0. The van der Waals surface area contributed by atoms with E-state index in [0.29, 0.717) is 12.1 Å². The van der Waals surface area contributed by atoms with Crippen molar-refractivity contribution in [1.29, 1.82) is 0 Å². The van der Waals surface area contributed by atoms with Gasteiger partial charge in [-0.05, 0) is 25.5 Å². The molecule has 0 saturated carbocycles. The highest BCUT2D eigenvalue weighted by Gasteiger charge is 2.18. The first-order valence-corrected chi connectivity index (χ1v) is 6.12. The van der Waals surface area contributed by atoms with Crippen LogP contribution in [0, 0.1) is 6.92 Å². The second-order valence-electron chi connectivity index (χ2n) is 4.26. The van der Waals surface area contributed by atoms with Crippen LogP contribution in [0.2, 0.25) is 0 Å². The number of carbonyl (C=O) groups is 1. The van der Waals surface area contributed by atoms with E-state index in [1.807, 2.05) is 32.0 Å². The molecule has 18 heavy (non-hydrogen) atoms. The minimum Gasteiger partial charge on any atom is -0.496 e. The zero-order valence-electron chi connectivity index (χ0n) is 11.0. The van der Waals surface area contributed by atoms with Gasteiger partial charge >= 0.3 is 0 Å². The number of hydrogen-bond acceptors (Lipinski definition) is 2. The van der Waals surface area contributed by atoms with Crippen LogP contribution in [0.3, 0.4) is 0 Å². The Balaban J connectivity index is 2.55. The van der Waals surface area contributed by atoms with Gasteiger partial charge in [-0.3, -0.25) is 4.79 Å². The topological polar surface area (TPSA) is 54.1 Å². The summed E-state index contributed by atoms with van der Waals surface area (Å²) < 4.78 is 5.34. The van der Waals surface area contributed by atoms with E-state index < -0.39 is 0 Å². The molecule has 1 amide bonds. The number of H-pyrrole nitrogens is 1. The zero-order valence-corrected chi connectivity index (χ0v) is 11.0. The highest BCUT2D eigenvalue weighted by atomic mass is 16.5. The lowest BCUT2D eigenvalue weighted by atomic mass is 10.1. The fourth-order valence-corrected chi connectivity index (χ4v) is 2.13. The van der Waals surface area contributed by atoms with Crippen LogP contribution in [-0.4, -0.2) is 24.5 Å². The second kappa shape index (κ2) is 5.12. The summed E-state index contributed by atoms with van der Waals surface area (Å²) in [5.74, 6) is 0.670. The summed E-state index contributed by atoms with van der Waals surface area (Å²) in [6, 6.07) is 5.72. The number of amides is 1. The van der Waals surface area contributed by atoms with E-state index in [2.05, 4.69) is 10.3 Å². The predicted octanol–water partition coefficient (Wildman–Crippen LogP) is 2.62. The van der Waals surface area contributed by atoms with Crippen molar-refractivity contribution < 1.29 is 9.53 Å². The SMILES string of the molecule is CCCNC(=O)c1c(C)[nH]c2cccc(OC)c12. The Morgan fingerprint density at radius 1 is 1.44 bits per heavy atom. The summed E-state index contributed by atoms with van der Waals surface area (Å²) in [7, 11) is 1.62. The Morgan fingerprint density at radius 2 is 2.22 bits per heavy atom. The van der Waals surface area contributed by atoms with Crippen LogP contribution < -0.4 is 10.1 Å². The molecule has 1 heterocycles. The summed E-state index contributed by atoms with van der Waals surface area (Å²) in [5, 5.41) is 3.76. The maximum absolute atomic E-state index is 12.2. The van der Waals surface area contributed by atoms with Gasteiger partial charge in [0, 0.05) is 12.2 Å². The van der Waals surface area contributed by atoms with Gasteiger partial charge in [-0.1, -0.05) is 13.0 Å². The number of aromatic amines is 1. The lowest BCUT2D eigenvalue weighted by Gasteiger charge is -2.06. The number of methoxy groups -OCH3 is 1. The van der Waals surface area contributed by atoms with Crippen LogP contribution in [0.25, 0.3) is 10.9 Å². The Bertz CT molecular complexity index is 572. The van der Waals surface area contributed by atoms with E-state index in [1.54, 1.807) is 7.11 Å². The summed E-state index contributed by atoms with van der Waals surface area (Å²) in [5.41, 5.74) is 2.47. The summed E-state index contributed by atoms with van der Waals surface area (Å²) in [6.07, 6.45) is 0.921. The first kappa shape index (κ1) is 12.5. The standard InChI is InChI=1S/C14H18N2O2/c1-4-8-15-14(17)12-9(2)16-10-6-5-7-11(18-3)13(10)12/h5-7,16H,4,8H2,1-3H3,(H,15,17). The maximum atomic E-state index is 12.2. The van der Waals surface area contributed by atoms with E-state index in [9.17, 15) is 4.79 Å². The van der Waals surface area contributed by atoms with Crippen molar-refractivity contribution in [1.82, 2.24) is 10.3 Å². The molecule has 2 rings (SSSR count). The molecule has 96 valence electrons. The van der Waals surface area contributed by atoms with Crippen LogP contribution in [0.4, 0.5) is 0 Å². The molecular formula is C14H18N2O2. The molecule has 0 spiro atoms. The Hall–Kier alpha value is -1.97. The fourth-order valence-electron chi connectivity index (χ4n) is 2.13. The minimum absolute atomic E-state index is 0.0508. The second-order valence-corrected chi connectivity index (χ2v) is 4.26. The molecule has 0 aliphatic heterocycles. The largest absolute Gasteiger partial charge is 0.496 e. The molecule has 0 saturated heterocycles. The van der Waals surface area contributed by atoms with Crippen LogP contribution in [0.1, 0.15) is 29.4 Å². The summed E-state index contributed by atoms with van der Waals surface area (Å²) in [4.78, 5) is 15.4. The third-order valence-corrected chi connectivity index (χ3v) is 2.96. The number of hydrogen-bond donors (Lipinski definition) is 2. The van der Waals surface area contributed by atoms with Gasteiger partial charge in [0.05, 0.1) is 23.6 Å². The van der Waals surface area contributed by atoms with Gasteiger partial charge in [-0.25, -0.2) is 0 Å². The zero-order chi connectivity index (χ0) is 13.1. The van der Waals surface area contributed by atoms with Crippen molar-refractivity contribution in [2.75, 3.05) is 13.7 Å². The van der Waals surface area contributed by atoms with Crippen LogP contribution in [0.15, 0.2) is 18.2 Å². The molecule has 2 N–H and O–H groups in total. The molecule has 0 atom stereocenters. The Kier molecular flexibility index (Phi) is 3.55. The average Bonchev–Trinajstić information content (AvgIpc) is 2.71. The minimum atomic E-state index is -0.0508. The quantitative estimate of drug-likeness (QED) is 0.871. The van der Waals surface area contributed by atoms with Crippen molar-refractivity contribution in [2.45, 2.75) is 20.3 Å². The van der Waals surface area contributed by atoms with Crippen LogP contribution in [0.5, 0.6) is 5.75 Å². The number of benzene rings is 1. The fraction of sp³-hybridized carbons (Fsp3) is 0.357. The number of ether oxygens (including phenoxy) is 1. The molecule has 0 aliphatic rings. The lowest BCUT2D eigenvalue weighted by Crippen LogP contribution is -2.24. The van der Waals surface area contributed by atoms with E-state index in [-0.39, 0.29) is 5.91 Å². The smallest absolute Gasteiger partial charge is 0.253 e. The lowest BCUT2D eigenvalue weighted by molar-refractivity contribution is 0.0954. The molecule has 0 fully saturated rings. The summed E-state index contributed by atoms with van der Waals surface area (Å²) in [6.45, 7) is 4.61. The predicted molar refractivity (Wildman–Crippen MR) is 72.2 cm³/mol. The van der Waals surface area contributed by atoms with Crippen molar-refractivity contribution in [3.63, 3.8) is 0 Å². The van der Waals surface area contributed by atoms with E-state index in [4.69, 9.17) is 4.74 Å². The number of aromatic nitrogens is 1. The highest BCUT2D eigenvalue weighted by molar-refractivity contribution is 6.10. The van der Waals surface area contributed by atoms with Gasteiger partial charge in [-0.2, -0.15) is 0 Å². The van der Waals surface area contributed by atoms with Crippen molar-refractivity contribution in [3.8, 4) is 5.75 Å². The molecule has 0 unspecified atom stereocenters. The Labute approximate surface area is 106 Å².